The lowest BCUT2D eigenvalue weighted by atomic mass is 10.2. The number of hydrogen-bond acceptors (Lipinski definition) is 5. The van der Waals surface area contributed by atoms with Crippen molar-refractivity contribution in [3.05, 3.63) is 82.9 Å². The lowest BCUT2D eigenvalue weighted by Gasteiger charge is -2.09. The Labute approximate surface area is 173 Å². The molecule has 0 aliphatic carbocycles. The fourth-order valence-corrected chi connectivity index (χ4v) is 2.86. The number of nitrogens with one attached hydrogen (secondary N) is 2. The first-order chi connectivity index (χ1) is 14.8. The van der Waals surface area contributed by atoms with E-state index in [1.165, 1.54) is 18.3 Å². The molecular formula is C20H15F3N6O2. The van der Waals surface area contributed by atoms with E-state index in [-0.39, 0.29) is 11.5 Å². The second-order valence-corrected chi connectivity index (χ2v) is 6.54. The highest BCUT2D eigenvalue weighted by Gasteiger charge is 2.30. The van der Waals surface area contributed by atoms with Crippen LogP contribution in [0.1, 0.15) is 5.56 Å². The number of carbonyl (C=O) groups excluding carboxylic acids is 1. The highest BCUT2D eigenvalue weighted by atomic mass is 19.4. The summed E-state index contributed by atoms with van der Waals surface area (Å²) in [6, 6.07) is 15.0. The number of hydrogen-bond donors (Lipinski definition) is 2. The standard InChI is InChI=1S/C20H15F3N6O2/c21-20(22,23)13-5-4-8-15(11-13)25-17(30)12-29-19(31)28-10-9-16(26-18(28)27-29)24-14-6-2-1-3-7-14/h1-11H,12H2,(H,25,30)(H,24,26,27). The maximum absolute atomic E-state index is 12.8. The summed E-state index contributed by atoms with van der Waals surface area (Å²) in [5.41, 5.74) is -0.739. The van der Waals surface area contributed by atoms with Gasteiger partial charge in [-0.25, -0.2) is 13.9 Å². The fraction of sp³-hybridized carbons (Fsp3) is 0.100. The number of fused-ring (bicyclic) bond motifs is 1. The van der Waals surface area contributed by atoms with Crippen molar-refractivity contribution in [3.8, 4) is 0 Å². The van der Waals surface area contributed by atoms with Crippen LogP contribution in [-0.2, 0) is 17.5 Å². The first-order valence-corrected chi connectivity index (χ1v) is 9.05. The van der Waals surface area contributed by atoms with Gasteiger partial charge in [0, 0.05) is 17.6 Å². The van der Waals surface area contributed by atoms with E-state index in [0.29, 0.717) is 5.82 Å². The minimum atomic E-state index is -4.53. The molecule has 0 spiro atoms. The summed E-state index contributed by atoms with van der Waals surface area (Å²) in [6.07, 6.45) is -3.07. The van der Waals surface area contributed by atoms with Crippen molar-refractivity contribution >= 4 is 28.9 Å². The van der Waals surface area contributed by atoms with Crippen molar-refractivity contribution in [1.29, 1.82) is 0 Å². The molecule has 11 heteroatoms. The molecule has 0 unspecified atom stereocenters. The molecule has 4 rings (SSSR count). The highest BCUT2D eigenvalue weighted by Crippen LogP contribution is 2.30. The molecule has 0 atom stereocenters. The second kappa shape index (κ2) is 7.94. The van der Waals surface area contributed by atoms with Crippen molar-refractivity contribution in [2.75, 3.05) is 10.6 Å². The second-order valence-electron chi connectivity index (χ2n) is 6.54. The number of alkyl halides is 3. The van der Waals surface area contributed by atoms with E-state index in [4.69, 9.17) is 0 Å². The van der Waals surface area contributed by atoms with Crippen LogP contribution in [0, 0.1) is 0 Å². The Bertz CT molecular complexity index is 1300. The quantitative estimate of drug-likeness (QED) is 0.509. The van der Waals surface area contributed by atoms with Gasteiger partial charge < -0.3 is 10.6 Å². The van der Waals surface area contributed by atoms with Crippen LogP contribution in [0.25, 0.3) is 5.78 Å². The average molecular weight is 428 g/mol. The van der Waals surface area contributed by atoms with Crippen LogP contribution in [0.2, 0.25) is 0 Å². The molecule has 0 aliphatic rings. The molecule has 0 aliphatic heterocycles. The predicted molar refractivity (Wildman–Crippen MR) is 107 cm³/mol. The largest absolute Gasteiger partial charge is 0.416 e. The molecule has 158 valence electrons. The first kappa shape index (κ1) is 20.1. The molecule has 2 N–H and O–H groups in total. The van der Waals surface area contributed by atoms with Gasteiger partial charge in [0.1, 0.15) is 12.4 Å². The lowest BCUT2D eigenvalue weighted by Crippen LogP contribution is -2.28. The monoisotopic (exact) mass is 428 g/mol. The number of aromatic nitrogens is 4. The molecule has 0 bridgehead atoms. The van der Waals surface area contributed by atoms with Gasteiger partial charge in [0.05, 0.1) is 5.56 Å². The van der Waals surface area contributed by atoms with Crippen molar-refractivity contribution in [1.82, 2.24) is 19.2 Å². The Hall–Kier alpha value is -4.15. The SMILES string of the molecule is O=C(Cn1nc2nc(Nc3ccccc3)ccn2c1=O)Nc1cccc(C(F)(F)F)c1. The van der Waals surface area contributed by atoms with Crippen molar-refractivity contribution in [2.45, 2.75) is 12.7 Å². The van der Waals surface area contributed by atoms with Crippen molar-refractivity contribution < 1.29 is 18.0 Å². The first-order valence-electron chi connectivity index (χ1n) is 9.05. The van der Waals surface area contributed by atoms with Gasteiger partial charge in [-0.15, -0.1) is 5.10 Å². The van der Waals surface area contributed by atoms with E-state index in [0.717, 1.165) is 26.9 Å². The smallest absolute Gasteiger partial charge is 0.340 e. The molecule has 2 aromatic carbocycles. The normalized spacial score (nSPS) is 11.5. The van der Waals surface area contributed by atoms with Crippen LogP contribution in [0.15, 0.2) is 71.7 Å². The zero-order valence-electron chi connectivity index (χ0n) is 15.8. The number of rotatable bonds is 5. The van der Waals surface area contributed by atoms with Gasteiger partial charge in [-0.2, -0.15) is 18.2 Å². The summed E-state index contributed by atoms with van der Waals surface area (Å²) in [5.74, 6) is -0.186. The van der Waals surface area contributed by atoms with Gasteiger partial charge >= 0.3 is 11.9 Å². The number of para-hydroxylation sites is 1. The highest BCUT2D eigenvalue weighted by molar-refractivity contribution is 5.90. The Kier molecular flexibility index (Phi) is 5.15. The fourth-order valence-electron chi connectivity index (χ4n) is 2.86. The summed E-state index contributed by atoms with van der Waals surface area (Å²) in [4.78, 5) is 28.9. The topological polar surface area (TPSA) is 93.3 Å². The van der Waals surface area contributed by atoms with Gasteiger partial charge in [-0.1, -0.05) is 24.3 Å². The van der Waals surface area contributed by atoms with Crippen molar-refractivity contribution in [3.63, 3.8) is 0 Å². The average Bonchev–Trinajstić information content (AvgIpc) is 3.03. The van der Waals surface area contributed by atoms with Crippen LogP contribution >= 0.6 is 0 Å². The zero-order valence-corrected chi connectivity index (χ0v) is 15.8. The predicted octanol–water partition coefficient (Wildman–Crippen LogP) is 3.29. The van der Waals surface area contributed by atoms with Crippen LogP contribution in [0.5, 0.6) is 0 Å². The molecule has 8 nitrogen and oxygen atoms in total. The minimum Gasteiger partial charge on any atom is -0.340 e. The summed E-state index contributed by atoms with van der Waals surface area (Å²) < 4.78 is 40.5. The van der Waals surface area contributed by atoms with Gasteiger partial charge in [-0.3, -0.25) is 4.79 Å². The van der Waals surface area contributed by atoms with E-state index in [2.05, 4.69) is 20.7 Å². The van der Waals surface area contributed by atoms with E-state index < -0.39 is 29.9 Å². The Morgan fingerprint density at radius 2 is 1.74 bits per heavy atom. The van der Waals surface area contributed by atoms with Gasteiger partial charge in [0.15, 0.2) is 0 Å². The number of anilines is 3. The number of carbonyl (C=O) groups is 1. The minimum absolute atomic E-state index is 0.0379. The third kappa shape index (κ3) is 4.55. The third-order valence-electron chi connectivity index (χ3n) is 4.27. The third-order valence-corrected chi connectivity index (χ3v) is 4.27. The number of amides is 1. The maximum Gasteiger partial charge on any atom is 0.416 e. The Balaban J connectivity index is 1.51. The van der Waals surface area contributed by atoms with Gasteiger partial charge in [0.25, 0.3) is 5.78 Å². The summed E-state index contributed by atoms with van der Waals surface area (Å²) in [6.45, 7) is -0.486. The molecular weight excluding hydrogens is 413 g/mol. The zero-order chi connectivity index (χ0) is 22.0. The number of benzene rings is 2. The van der Waals surface area contributed by atoms with E-state index in [1.807, 2.05) is 30.3 Å². The number of nitrogens with zero attached hydrogens (tertiary/aromatic N) is 4. The van der Waals surface area contributed by atoms with Gasteiger partial charge in [0.2, 0.25) is 5.91 Å². The molecule has 0 fully saturated rings. The molecule has 0 saturated carbocycles. The molecule has 1 amide bonds. The van der Waals surface area contributed by atoms with Crippen LogP contribution in [0.4, 0.5) is 30.4 Å². The van der Waals surface area contributed by atoms with Crippen LogP contribution in [0.3, 0.4) is 0 Å². The molecule has 0 saturated heterocycles. The molecule has 2 heterocycles. The Morgan fingerprint density at radius 1 is 1.00 bits per heavy atom. The Morgan fingerprint density at radius 3 is 2.48 bits per heavy atom. The molecule has 0 radical (unpaired) electrons. The lowest BCUT2D eigenvalue weighted by molar-refractivity contribution is -0.137. The van der Waals surface area contributed by atoms with Crippen molar-refractivity contribution in [2.24, 2.45) is 0 Å². The van der Waals surface area contributed by atoms with Gasteiger partial charge in [-0.05, 0) is 36.4 Å². The molecule has 31 heavy (non-hydrogen) atoms. The van der Waals surface area contributed by atoms with Crippen LogP contribution < -0.4 is 16.3 Å². The van der Waals surface area contributed by atoms with E-state index >= 15 is 0 Å². The van der Waals surface area contributed by atoms with E-state index in [9.17, 15) is 22.8 Å². The van der Waals surface area contributed by atoms with Crippen LogP contribution in [-0.4, -0.2) is 25.1 Å². The molecule has 4 aromatic rings. The summed E-state index contributed by atoms with van der Waals surface area (Å²) >= 11 is 0. The summed E-state index contributed by atoms with van der Waals surface area (Å²) in [7, 11) is 0. The molecule has 2 aromatic heterocycles. The van der Waals surface area contributed by atoms with E-state index in [1.54, 1.807) is 6.07 Å². The maximum atomic E-state index is 12.8. The number of halogens is 3. The summed E-state index contributed by atoms with van der Waals surface area (Å²) in [5, 5.41) is 9.43.